The van der Waals surface area contributed by atoms with E-state index in [1.165, 1.54) is 7.11 Å². The normalized spacial score (nSPS) is 13.0. The molecule has 1 aromatic rings. The lowest BCUT2D eigenvalue weighted by Crippen LogP contribution is -2.02. The Balaban J connectivity index is 2.40. The van der Waals surface area contributed by atoms with Crippen LogP contribution in [0, 0.1) is 0 Å². The van der Waals surface area contributed by atoms with Gasteiger partial charge in [0.2, 0.25) is 0 Å². The van der Waals surface area contributed by atoms with Crippen molar-refractivity contribution in [1.29, 1.82) is 0 Å². The van der Waals surface area contributed by atoms with Crippen LogP contribution in [0.4, 0.5) is 0 Å². The Kier molecular flexibility index (Phi) is 2.60. The first-order valence-electron chi connectivity index (χ1n) is 5.06. The zero-order chi connectivity index (χ0) is 11.7. The summed E-state index contributed by atoms with van der Waals surface area (Å²) in [6.45, 7) is 1.55. The highest BCUT2D eigenvalue weighted by atomic mass is 16.5. The van der Waals surface area contributed by atoms with E-state index >= 15 is 0 Å². The Bertz CT molecular complexity index is 498. The highest BCUT2D eigenvalue weighted by Crippen LogP contribution is 2.28. The summed E-state index contributed by atoms with van der Waals surface area (Å²) in [5.74, 6) is -0.288. The summed E-state index contributed by atoms with van der Waals surface area (Å²) in [6, 6.07) is 5.28. The van der Waals surface area contributed by atoms with E-state index in [9.17, 15) is 9.59 Å². The van der Waals surface area contributed by atoms with E-state index in [0.29, 0.717) is 12.0 Å². The predicted molar refractivity (Wildman–Crippen MR) is 60.1 cm³/mol. The fraction of sp³-hybridized carbons (Fsp3) is 0.231. The quantitative estimate of drug-likeness (QED) is 0.710. The maximum absolute atomic E-state index is 11.3. The number of carbonyl (C=O) groups excluding carboxylic acids is 2. The number of ether oxygens (including phenoxy) is 1. The van der Waals surface area contributed by atoms with Crippen molar-refractivity contribution in [1.82, 2.24) is 0 Å². The van der Waals surface area contributed by atoms with Crippen LogP contribution < -0.4 is 0 Å². The number of allylic oxidation sites excluding steroid dienone is 2. The van der Waals surface area contributed by atoms with Crippen LogP contribution in [0.3, 0.4) is 0 Å². The van der Waals surface area contributed by atoms with Gasteiger partial charge < -0.3 is 4.74 Å². The number of carbonyl (C=O) groups is 2. The molecule has 0 saturated heterocycles. The molecule has 0 aromatic heterocycles. The molecule has 0 amide bonds. The zero-order valence-electron chi connectivity index (χ0n) is 9.24. The second-order valence-electron chi connectivity index (χ2n) is 3.74. The molecule has 0 fully saturated rings. The summed E-state index contributed by atoms with van der Waals surface area (Å²) in [7, 11) is 1.36. The van der Waals surface area contributed by atoms with Gasteiger partial charge >= 0.3 is 5.97 Å². The highest BCUT2D eigenvalue weighted by molar-refractivity contribution is 6.21. The monoisotopic (exact) mass is 216 g/mol. The first kappa shape index (κ1) is 10.6. The minimum absolute atomic E-state index is 0.0598. The number of Topliss-reactive ketones (excluding diaryl/α,β-unsaturated/α-hetero) is 1. The molecule has 1 aliphatic rings. The van der Waals surface area contributed by atoms with E-state index in [4.69, 9.17) is 0 Å². The molecular weight excluding hydrogens is 204 g/mol. The summed E-state index contributed by atoms with van der Waals surface area (Å²) in [4.78, 5) is 22.6. The summed E-state index contributed by atoms with van der Waals surface area (Å²) in [6.07, 6.45) is 2.60. The summed E-state index contributed by atoms with van der Waals surface area (Å²) in [5, 5.41) is 0. The van der Waals surface area contributed by atoms with Crippen LogP contribution in [0.1, 0.15) is 28.4 Å². The van der Waals surface area contributed by atoms with Crippen molar-refractivity contribution in [3.63, 3.8) is 0 Å². The fourth-order valence-electron chi connectivity index (χ4n) is 1.93. The Morgan fingerprint density at radius 2 is 2.06 bits per heavy atom. The van der Waals surface area contributed by atoms with Gasteiger partial charge in [0.1, 0.15) is 0 Å². The van der Waals surface area contributed by atoms with E-state index < -0.39 is 0 Å². The maximum Gasteiger partial charge on any atom is 0.337 e. The molecule has 1 aromatic carbocycles. The van der Waals surface area contributed by atoms with Gasteiger partial charge in [0.15, 0.2) is 5.78 Å². The number of hydrogen-bond donors (Lipinski definition) is 0. The van der Waals surface area contributed by atoms with Crippen LogP contribution >= 0.6 is 0 Å². The van der Waals surface area contributed by atoms with Crippen LogP contribution in [0.15, 0.2) is 24.3 Å². The first-order valence-corrected chi connectivity index (χ1v) is 5.06. The van der Waals surface area contributed by atoms with Crippen molar-refractivity contribution in [3.05, 3.63) is 41.0 Å². The number of fused-ring (bicyclic) bond motifs is 1. The lowest BCUT2D eigenvalue weighted by Gasteiger charge is -2.05. The van der Waals surface area contributed by atoms with E-state index in [1.807, 2.05) is 12.1 Å². The van der Waals surface area contributed by atoms with Gasteiger partial charge in [-0.15, -0.1) is 0 Å². The average molecular weight is 216 g/mol. The van der Waals surface area contributed by atoms with Crippen molar-refractivity contribution in [2.75, 3.05) is 7.11 Å². The first-order chi connectivity index (χ1) is 7.63. The van der Waals surface area contributed by atoms with Crippen molar-refractivity contribution < 1.29 is 14.3 Å². The van der Waals surface area contributed by atoms with Crippen molar-refractivity contribution in [3.8, 4) is 0 Å². The van der Waals surface area contributed by atoms with Crippen LogP contribution in [0.2, 0.25) is 0 Å². The van der Waals surface area contributed by atoms with Crippen LogP contribution in [-0.4, -0.2) is 18.9 Å². The molecular formula is C13H12O3. The highest BCUT2D eigenvalue weighted by Gasteiger charge is 2.18. The Morgan fingerprint density at radius 3 is 2.69 bits per heavy atom. The van der Waals surface area contributed by atoms with Crippen molar-refractivity contribution in [2.45, 2.75) is 13.3 Å². The minimum atomic E-state index is -0.348. The van der Waals surface area contributed by atoms with Gasteiger partial charge in [-0.05, 0) is 36.6 Å². The van der Waals surface area contributed by atoms with Crippen LogP contribution in [0.5, 0.6) is 0 Å². The van der Waals surface area contributed by atoms with E-state index in [2.05, 4.69) is 4.74 Å². The summed E-state index contributed by atoms with van der Waals surface area (Å²) < 4.78 is 4.65. The van der Waals surface area contributed by atoms with Gasteiger partial charge in [0.05, 0.1) is 12.7 Å². The molecule has 2 rings (SSSR count). The molecule has 0 unspecified atom stereocenters. The molecule has 82 valence electrons. The minimum Gasteiger partial charge on any atom is -0.465 e. The number of hydrogen-bond acceptors (Lipinski definition) is 3. The van der Waals surface area contributed by atoms with Gasteiger partial charge in [-0.2, -0.15) is 0 Å². The molecule has 0 radical (unpaired) electrons. The van der Waals surface area contributed by atoms with Gasteiger partial charge in [-0.3, -0.25) is 4.79 Å². The molecule has 0 aliphatic heterocycles. The fourth-order valence-corrected chi connectivity index (χ4v) is 1.93. The standard InChI is InChI=1S/C13H12O3/c1-8(14)11-5-3-9-7-10(13(15)16-2)4-6-12(9)11/h4-7H,3H2,1-2H3. The lowest BCUT2D eigenvalue weighted by molar-refractivity contribution is -0.111. The van der Waals surface area contributed by atoms with Gasteiger partial charge in [0.25, 0.3) is 0 Å². The third kappa shape index (κ3) is 1.65. The number of esters is 1. The zero-order valence-corrected chi connectivity index (χ0v) is 9.24. The van der Waals surface area contributed by atoms with Gasteiger partial charge in [-0.1, -0.05) is 12.1 Å². The maximum atomic E-state index is 11.3. The Hall–Kier alpha value is -1.90. The number of rotatable bonds is 2. The van der Waals surface area contributed by atoms with E-state index in [1.54, 1.807) is 19.1 Å². The van der Waals surface area contributed by atoms with E-state index in [-0.39, 0.29) is 11.8 Å². The smallest absolute Gasteiger partial charge is 0.337 e. The molecule has 3 heteroatoms. The molecule has 0 N–H and O–H groups in total. The third-order valence-corrected chi connectivity index (χ3v) is 2.72. The number of ketones is 1. The van der Waals surface area contributed by atoms with E-state index in [0.717, 1.165) is 16.7 Å². The molecule has 3 nitrogen and oxygen atoms in total. The predicted octanol–water partition coefficient (Wildman–Crippen LogP) is 2.00. The summed E-state index contributed by atoms with van der Waals surface area (Å²) in [5.41, 5.74) is 3.21. The number of methoxy groups -OCH3 is 1. The topological polar surface area (TPSA) is 43.4 Å². The SMILES string of the molecule is COC(=O)c1ccc2c(c1)CC=C2C(C)=O. The molecule has 0 heterocycles. The molecule has 0 saturated carbocycles. The second kappa shape index (κ2) is 3.93. The lowest BCUT2D eigenvalue weighted by atomic mass is 10.0. The van der Waals surface area contributed by atoms with Crippen molar-refractivity contribution >= 4 is 17.3 Å². The Labute approximate surface area is 93.7 Å². The van der Waals surface area contributed by atoms with Crippen LogP contribution in [0.25, 0.3) is 5.57 Å². The molecule has 0 spiro atoms. The molecule has 1 aliphatic carbocycles. The molecule has 16 heavy (non-hydrogen) atoms. The average Bonchev–Trinajstić information content (AvgIpc) is 2.70. The molecule has 0 atom stereocenters. The third-order valence-electron chi connectivity index (χ3n) is 2.72. The number of benzene rings is 1. The Morgan fingerprint density at radius 1 is 1.31 bits per heavy atom. The van der Waals surface area contributed by atoms with Crippen molar-refractivity contribution in [2.24, 2.45) is 0 Å². The largest absolute Gasteiger partial charge is 0.465 e. The summed E-state index contributed by atoms with van der Waals surface area (Å²) >= 11 is 0. The second-order valence-corrected chi connectivity index (χ2v) is 3.74. The van der Waals surface area contributed by atoms with Gasteiger partial charge in [0, 0.05) is 5.57 Å². The van der Waals surface area contributed by atoms with Crippen LogP contribution in [-0.2, 0) is 16.0 Å². The molecule has 0 bridgehead atoms. The van der Waals surface area contributed by atoms with Gasteiger partial charge in [-0.25, -0.2) is 4.79 Å².